The number of fused-ring (bicyclic) bond motifs is 2. The molecular formula is C10H18F2N2. The Hall–Kier alpha value is -0.220. The SMILES string of the molecule is NNC(CC1CC2CCC1C2)C(F)F. The van der Waals surface area contributed by atoms with Crippen molar-refractivity contribution in [3.8, 4) is 0 Å². The van der Waals surface area contributed by atoms with E-state index < -0.39 is 12.5 Å². The minimum atomic E-state index is -2.33. The molecule has 2 saturated carbocycles. The lowest BCUT2D eigenvalue weighted by atomic mass is 9.84. The van der Waals surface area contributed by atoms with E-state index in [1.807, 2.05) is 0 Å². The number of alkyl halides is 2. The van der Waals surface area contributed by atoms with Gasteiger partial charge in [-0.25, -0.2) is 8.78 Å². The normalized spacial score (nSPS) is 38.1. The third kappa shape index (κ3) is 1.91. The maximum absolute atomic E-state index is 12.5. The van der Waals surface area contributed by atoms with Gasteiger partial charge in [-0.15, -0.1) is 0 Å². The van der Waals surface area contributed by atoms with Gasteiger partial charge < -0.3 is 0 Å². The molecule has 2 fully saturated rings. The second-order valence-electron chi connectivity index (χ2n) is 4.78. The molecule has 2 rings (SSSR count). The molecule has 0 aliphatic heterocycles. The van der Waals surface area contributed by atoms with Gasteiger partial charge in [-0.2, -0.15) is 0 Å². The van der Waals surface area contributed by atoms with Crippen LogP contribution < -0.4 is 11.3 Å². The Balaban J connectivity index is 1.85. The van der Waals surface area contributed by atoms with Gasteiger partial charge in [0.1, 0.15) is 0 Å². The summed E-state index contributed by atoms with van der Waals surface area (Å²) in [5.41, 5.74) is 2.24. The first-order valence-corrected chi connectivity index (χ1v) is 5.45. The smallest absolute Gasteiger partial charge is 0.255 e. The number of nitrogens with one attached hydrogen (secondary N) is 1. The third-order valence-electron chi connectivity index (χ3n) is 3.96. The first-order chi connectivity index (χ1) is 6.70. The fourth-order valence-electron chi connectivity index (χ4n) is 3.23. The fourth-order valence-corrected chi connectivity index (χ4v) is 3.23. The van der Waals surface area contributed by atoms with Crippen molar-refractivity contribution in [1.29, 1.82) is 0 Å². The summed E-state index contributed by atoms with van der Waals surface area (Å²) in [5, 5.41) is 0. The summed E-state index contributed by atoms with van der Waals surface area (Å²) in [6.07, 6.45) is 3.20. The Morgan fingerprint density at radius 1 is 1.29 bits per heavy atom. The average molecular weight is 204 g/mol. The van der Waals surface area contributed by atoms with Crippen LogP contribution in [0.5, 0.6) is 0 Å². The van der Waals surface area contributed by atoms with Crippen molar-refractivity contribution in [3.05, 3.63) is 0 Å². The van der Waals surface area contributed by atoms with Crippen molar-refractivity contribution in [2.75, 3.05) is 0 Å². The number of nitrogens with two attached hydrogens (primary N) is 1. The quantitative estimate of drug-likeness (QED) is 0.542. The average Bonchev–Trinajstić information content (AvgIpc) is 2.74. The van der Waals surface area contributed by atoms with Crippen LogP contribution in [-0.2, 0) is 0 Å². The van der Waals surface area contributed by atoms with E-state index in [2.05, 4.69) is 5.43 Å². The minimum Gasteiger partial charge on any atom is -0.271 e. The van der Waals surface area contributed by atoms with Gasteiger partial charge in [-0.3, -0.25) is 11.3 Å². The number of rotatable bonds is 4. The monoisotopic (exact) mass is 204 g/mol. The molecule has 0 aromatic heterocycles. The summed E-state index contributed by atoms with van der Waals surface area (Å²) >= 11 is 0. The van der Waals surface area contributed by atoms with Crippen molar-refractivity contribution in [2.45, 2.75) is 44.6 Å². The van der Waals surface area contributed by atoms with Gasteiger partial charge in [0.2, 0.25) is 0 Å². The zero-order chi connectivity index (χ0) is 10.1. The maximum Gasteiger partial charge on any atom is 0.255 e. The lowest BCUT2D eigenvalue weighted by Gasteiger charge is -2.25. The van der Waals surface area contributed by atoms with Crippen molar-refractivity contribution in [1.82, 2.24) is 5.43 Å². The molecule has 4 atom stereocenters. The summed E-state index contributed by atoms with van der Waals surface area (Å²) in [7, 11) is 0. The molecule has 2 aliphatic rings. The Kier molecular flexibility index (Phi) is 3.02. The molecule has 3 N–H and O–H groups in total. The van der Waals surface area contributed by atoms with Crippen LogP contribution in [0.15, 0.2) is 0 Å². The van der Waals surface area contributed by atoms with Crippen molar-refractivity contribution < 1.29 is 8.78 Å². The molecule has 4 unspecified atom stereocenters. The Labute approximate surface area is 83.2 Å². The molecule has 2 aliphatic carbocycles. The Morgan fingerprint density at radius 3 is 2.50 bits per heavy atom. The maximum atomic E-state index is 12.5. The van der Waals surface area contributed by atoms with Crippen LogP contribution in [-0.4, -0.2) is 12.5 Å². The number of hydrazine groups is 1. The van der Waals surface area contributed by atoms with Crippen LogP contribution in [0.3, 0.4) is 0 Å². The van der Waals surface area contributed by atoms with E-state index in [0.717, 1.165) is 12.3 Å². The van der Waals surface area contributed by atoms with E-state index in [4.69, 9.17) is 5.84 Å². The molecule has 0 amide bonds. The van der Waals surface area contributed by atoms with Crippen molar-refractivity contribution >= 4 is 0 Å². The summed E-state index contributed by atoms with van der Waals surface area (Å²) in [6.45, 7) is 0. The standard InChI is InChI=1S/C10H18F2N2/c11-10(12)9(14-13)5-8-4-6-1-2-7(8)3-6/h6-10,14H,1-5,13H2. The van der Waals surface area contributed by atoms with E-state index in [1.54, 1.807) is 0 Å². The summed E-state index contributed by atoms with van der Waals surface area (Å²) in [5.74, 6) is 7.13. The number of hydrogen-bond donors (Lipinski definition) is 2. The van der Waals surface area contributed by atoms with E-state index in [1.165, 1.54) is 19.3 Å². The zero-order valence-corrected chi connectivity index (χ0v) is 8.26. The number of halogens is 2. The van der Waals surface area contributed by atoms with Crippen molar-refractivity contribution in [3.63, 3.8) is 0 Å². The predicted octanol–water partition coefficient (Wildman–Crippen LogP) is 1.91. The molecule has 0 saturated heterocycles. The van der Waals surface area contributed by atoms with E-state index >= 15 is 0 Å². The lowest BCUT2D eigenvalue weighted by Crippen LogP contribution is -2.42. The Bertz CT molecular complexity index is 199. The van der Waals surface area contributed by atoms with Crippen molar-refractivity contribution in [2.24, 2.45) is 23.6 Å². The highest BCUT2D eigenvalue weighted by Gasteiger charge is 2.41. The highest BCUT2D eigenvalue weighted by Crippen LogP contribution is 2.50. The van der Waals surface area contributed by atoms with Gasteiger partial charge in [0.15, 0.2) is 0 Å². The topological polar surface area (TPSA) is 38.0 Å². The molecule has 0 radical (unpaired) electrons. The summed E-state index contributed by atoms with van der Waals surface area (Å²) in [6, 6.07) is -0.806. The molecule has 0 spiro atoms. The second kappa shape index (κ2) is 4.11. The molecule has 2 bridgehead atoms. The number of hydrogen-bond acceptors (Lipinski definition) is 2. The van der Waals surface area contributed by atoms with Crippen LogP contribution in [0.25, 0.3) is 0 Å². The van der Waals surface area contributed by atoms with Gasteiger partial charge >= 0.3 is 0 Å². The third-order valence-corrected chi connectivity index (χ3v) is 3.96. The van der Waals surface area contributed by atoms with E-state index in [9.17, 15) is 8.78 Å². The van der Waals surface area contributed by atoms with Gasteiger partial charge in [0.25, 0.3) is 6.43 Å². The Morgan fingerprint density at radius 2 is 2.07 bits per heavy atom. The van der Waals surface area contributed by atoms with Gasteiger partial charge in [-0.1, -0.05) is 6.42 Å². The highest BCUT2D eigenvalue weighted by atomic mass is 19.3. The molecule has 2 nitrogen and oxygen atoms in total. The molecule has 0 heterocycles. The van der Waals surface area contributed by atoms with Crippen LogP contribution in [0.1, 0.15) is 32.1 Å². The summed E-state index contributed by atoms with van der Waals surface area (Å²) < 4.78 is 24.9. The molecule has 0 aromatic rings. The zero-order valence-electron chi connectivity index (χ0n) is 8.26. The van der Waals surface area contributed by atoms with Gasteiger partial charge in [0.05, 0.1) is 6.04 Å². The molecule has 4 heteroatoms. The molecular weight excluding hydrogens is 186 g/mol. The fraction of sp³-hybridized carbons (Fsp3) is 1.00. The lowest BCUT2D eigenvalue weighted by molar-refractivity contribution is 0.0794. The molecule has 14 heavy (non-hydrogen) atoms. The molecule has 0 aromatic carbocycles. The second-order valence-corrected chi connectivity index (χ2v) is 4.78. The molecule has 82 valence electrons. The van der Waals surface area contributed by atoms with Gasteiger partial charge in [-0.05, 0) is 43.4 Å². The van der Waals surface area contributed by atoms with Crippen LogP contribution in [0, 0.1) is 17.8 Å². The van der Waals surface area contributed by atoms with Gasteiger partial charge in [0, 0.05) is 0 Å². The van der Waals surface area contributed by atoms with E-state index in [-0.39, 0.29) is 0 Å². The van der Waals surface area contributed by atoms with Crippen LogP contribution in [0.2, 0.25) is 0 Å². The predicted molar refractivity (Wildman–Crippen MR) is 50.7 cm³/mol. The minimum absolute atomic E-state index is 0.490. The van der Waals surface area contributed by atoms with E-state index in [0.29, 0.717) is 18.3 Å². The largest absolute Gasteiger partial charge is 0.271 e. The first-order valence-electron chi connectivity index (χ1n) is 5.45. The highest BCUT2D eigenvalue weighted by molar-refractivity contribution is 4.91. The van der Waals surface area contributed by atoms with Crippen LogP contribution in [0.4, 0.5) is 8.78 Å². The van der Waals surface area contributed by atoms with Crippen LogP contribution >= 0.6 is 0 Å². The first kappa shape index (κ1) is 10.3. The summed E-state index contributed by atoms with van der Waals surface area (Å²) in [4.78, 5) is 0.